The van der Waals surface area contributed by atoms with Crippen molar-refractivity contribution in [2.24, 2.45) is 5.92 Å². The van der Waals surface area contributed by atoms with E-state index in [4.69, 9.17) is 4.74 Å². The minimum atomic E-state index is -4.81. The predicted octanol–water partition coefficient (Wildman–Crippen LogP) is 1.86. The minimum Gasteiger partial charge on any atom is -0.378 e. The molecular formula is C15H23F3N2O3. The predicted molar refractivity (Wildman–Crippen MR) is 76.6 cm³/mol. The van der Waals surface area contributed by atoms with Crippen LogP contribution < -0.4 is 5.32 Å². The number of alkyl halides is 3. The number of amides is 2. The maximum absolute atomic E-state index is 12.4. The molecule has 2 rings (SSSR count). The molecule has 0 aromatic rings. The standard InChI is InChI=1S/C15H23F3N2O3/c1-23-14(5-2-6-14)9-12(21)19-10-11-3-7-20(8-4-11)13(22)15(16,17)18/h11H,2-10H2,1H3,(H,19,21). The van der Waals surface area contributed by atoms with Crippen LogP contribution in [0.4, 0.5) is 13.2 Å². The van der Waals surface area contributed by atoms with Crippen LogP contribution in [0, 0.1) is 5.92 Å². The summed E-state index contributed by atoms with van der Waals surface area (Å²) in [6, 6.07) is 0. The smallest absolute Gasteiger partial charge is 0.378 e. The van der Waals surface area contributed by atoms with Crippen LogP contribution in [0.1, 0.15) is 38.5 Å². The van der Waals surface area contributed by atoms with Crippen molar-refractivity contribution in [3.63, 3.8) is 0 Å². The lowest BCUT2D eigenvalue weighted by molar-refractivity contribution is -0.186. The Bertz CT molecular complexity index is 436. The minimum absolute atomic E-state index is 0.0830. The van der Waals surface area contributed by atoms with Gasteiger partial charge in [0.05, 0.1) is 12.0 Å². The number of carbonyl (C=O) groups excluding carboxylic acids is 2. The Morgan fingerprint density at radius 3 is 2.30 bits per heavy atom. The molecule has 132 valence electrons. The van der Waals surface area contributed by atoms with Gasteiger partial charge in [0.1, 0.15) is 0 Å². The molecule has 1 aliphatic heterocycles. The summed E-state index contributed by atoms with van der Waals surface area (Å²) in [5.74, 6) is -1.75. The van der Waals surface area contributed by atoms with Crippen LogP contribution in [-0.4, -0.2) is 55.2 Å². The lowest BCUT2D eigenvalue weighted by atomic mass is 9.77. The summed E-state index contributed by atoms with van der Waals surface area (Å²) < 4.78 is 42.5. The van der Waals surface area contributed by atoms with Gasteiger partial charge in [-0.2, -0.15) is 13.2 Å². The molecule has 0 unspecified atom stereocenters. The Morgan fingerprint density at radius 1 is 1.26 bits per heavy atom. The normalized spacial score (nSPS) is 21.7. The van der Waals surface area contributed by atoms with E-state index in [-0.39, 0.29) is 30.5 Å². The molecule has 0 aromatic heterocycles. The molecule has 1 N–H and O–H groups in total. The van der Waals surface area contributed by atoms with E-state index >= 15 is 0 Å². The number of methoxy groups -OCH3 is 1. The highest BCUT2D eigenvalue weighted by atomic mass is 19.4. The zero-order valence-corrected chi connectivity index (χ0v) is 13.2. The molecule has 8 heteroatoms. The van der Waals surface area contributed by atoms with Crippen LogP contribution in [0.2, 0.25) is 0 Å². The van der Waals surface area contributed by atoms with Crippen molar-refractivity contribution in [1.82, 2.24) is 10.2 Å². The summed E-state index contributed by atoms with van der Waals surface area (Å²) in [5.41, 5.74) is -0.327. The number of ether oxygens (including phenoxy) is 1. The Balaban J connectivity index is 1.68. The third-order valence-corrected chi connectivity index (χ3v) is 4.91. The number of halogens is 3. The zero-order chi connectivity index (χ0) is 17.1. The van der Waals surface area contributed by atoms with Crippen molar-refractivity contribution in [3.05, 3.63) is 0 Å². The summed E-state index contributed by atoms with van der Waals surface area (Å²) in [6.07, 6.45) is -0.710. The summed E-state index contributed by atoms with van der Waals surface area (Å²) in [4.78, 5) is 23.9. The number of nitrogens with one attached hydrogen (secondary N) is 1. The van der Waals surface area contributed by atoms with E-state index in [2.05, 4.69) is 5.32 Å². The second-order valence-corrected chi connectivity index (χ2v) is 6.45. The van der Waals surface area contributed by atoms with E-state index in [1.807, 2.05) is 0 Å². The lowest BCUT2D eigenvalue weighted by Gasteiger charge is -2.40. The number of rotatable bonds is 5. The molecule has 1 saturated carbocycles. The van der Waals surface area contributed by atoms with E-state index < -0.39 is 12.1 Å². The van der Waals surface area contributed by atoms with Gasteiger partial charge in [0, 0.05) is 26.7 Å². The largest absolute Gasteiger partial charge is 0.471 e. The van der Waals surface area contributed by atoms with E-state index in [0.29, 0.717) is 25.8 Å². The molecule has 2 amide bonds. The summed E-state index contributed by atoms with van der Waals surface area (Å²) in [6.45, 7) is 0.606. The average Bonchev–Trinajstić information content (AvgIpc) is 2.48. The number of hydrogen-bond donors (Lipinski definition) is 1. The number of carbonyl (C=O) groups is 2. The number of piperidine rings is 1. The first kappa shape index (κ1) is 18.0. The first-order valence-corrected chi connectivity index (χ1v) is 7.94. The van der Waals surface area contributed by atoms with E-state index in [0.717, 1.165) is 24.2 Å². The van der Waals surface area contributed by atoms with Gasteiger partial charge in [-0.05, 0) is 38.0 Å². The van der Waals surface area contributed by atoms with Crippen molar-refractivity contribution >= 4 is 11.8 Å². The molecule has 0 aromatic carbocycles. The summed E-state index contributed by atoms with van der Waals surface area (Å²) in [5, 5.41) is 2.84. The average molecular weight is 336 g/mol. The summed E-state index contributed by atoms with van der Waals surface area (Å²) >= 11 is 0. The molecule has 0 spiro atoms. The van der Waals surface area contributed by atoms with Crippen LogP contribution in [-0.2, 0) is 14.3 Å². The number of nitrogens with zero attached hydrogens (tertiary/aromatic N) is 1. The second kappa shape index (κ2) is 7.07. The monoisotopic (exact) mass is 336 g/mol. The number of likely N-dealkylation sites (tertiary alicyclic amines) is 1. The van der Waals surface area contributed by atoms with Crippen molar-refractivity contribution in [2.75, 3.05) is 26.7 Å². The van der Waals surface area contributed by atoms with Gasteiger partial charge in [-0.15, -0.1) is 0 Å². The summed E-state index contributed by atoms with van der Waals surface area (Å²) in [7, 11) is 1.61. The van der Waals surface area contributed by atoms with Crippen LogP contribution in [0.5, 0.6) is 0 Å². The molecule has 2 fully saturated rings. The molecule has 0 radical (unpaired) electrons. The molecule has 1 saturated heterocycles. The van der Waals surface area contributed by atoms with Gasteiger partial charge in [0.25, 0.3) is 0 Å². The highest BCUT2D eigenvalue weighted by Gasteiger charge is 2.43. The van der Waals surface area contributed by atoms with Crippen LogP contribution in [0.15, 0.2) is 0 Å². The molecular weight excluding hydrogens is 313 g/mol. The van der Waals surface area contributed by atoms with E-state index in [1.165, 1.54) is 0 Å². The van der Waals surface area contributed by atoms with Gasteiger partial charge in [-0.25, -0.2) is 0 Å². The fourth-order valence-corrected chi connectivity index (χ4v) is 3.16. The van der Waals surface area contributed by atoms with Crippen molar-refractivity contribution in [3.8, 4) is 0 Å². The highest BCUT2D eigenvalue weighted by Crippen LogP contribution is 2.37. The van der Waals surface area contributed by atoms with Crippen LogP contribution >= 0.6 is 0 Å². The Labute approximate surface area is 133 Å². The Kier molecular flexibility index (Phi) is 5.54. The third-order valence-electron chi connectivity index (χ3n) is 4.91. The maximum Gasteiger partial charge on any atom is 0.471 e. The Morgan fingerprint density at radius 2 is 1.87 bits per heavy atom. The van der Waals surface area contributed by atoms with E-state index in [9.17, 15) is 22.8 Å². The molecule has 1 aliphatic carbocycles. The van der Waals surface area contributed by atoms with Crippen molar-refractivity contribution < 1.29 is 27.5 Å². The topological polar surface area (TPSA) is 58.6 Å². The van der Waals surface area contributed by atoms with Gasteiger partial charge in [-0.1, -0.05) is 0 Å². The van der Waals surface area contributed by atoms with Crippen molar-refractivity contribution in [2.45, 2.75) is 50.3 Å². The fraction of sp³-hybridized carbons (Fsp3) is 0.867. The van der Waals surface area contributed by atoms with E-state index in [1.54, 1.807) is 7.11 Å². The van der Waals surface area contributed by atoms with Gasteiger partial charge < -0.3 is 15.0 Å². The zero-order valence-electron chi connectivity index (χ0n) is 13.2. The molecule has 0 bridgehead atoms. The van der Waals surface area contributed by atoms with Crippen LogP contribution in [0.3, 0.4) is 0 Å². The lowest BCUT2D eigenvalue weighted by Crippen LogP contribution is -2.47. The van der Waals surface area contributed by atoms with Gasteiger partial charge in [0.15, 0.2) is 0 Å². The third kappa shape index (κ3) is 4.59. The molecule has 0 atom stereocenters. The first-order chi connectivity index (χ1) is 10.8. The van der Waals surface area contributed by atoms with Crippen molar-refractivity contribution in [1.29, 1.82) is 0 Å². The molecule has 23 heavy (non-hydrogen) atoms. The van der Waals surface area contributed by atoms with Gasteiger partial charge in [-0.3, -0.25) is 9.59 Å². The fourth-order valence-electron chi connectivity index (χ4n) is 3.16. The number of hydrogen-bond acceptors (Lipinski definition) is 3. The van der Waals surface area contributed by atoms with Gasteiger partial charge >= 0.3 is 12.1 Å². The Hall–Kier alpha value is -1.31. The quantitative estimate of drug-likeness (QED) is 0.834. The van der Waals surface area contributed by atoms with Gasteiger partial charge in [0.2, 0.25) is 5.91 Å². The van der Waals surface area contributed by atoms with Crippen LogP contribution in [0.25, 0.3) is 0 Å². The molecule has 5 nitrogen and oxygen atoms in total. The SMILES string of the molecule is COC1(CC(=O)NCC2CCN(C(=O)C(F)(F)F)CC2)CCC1. The molecule has 1 heterocycles. The first-order valence-electron chi connectivity index (χ1n) is 7.94. The molecule has 2 aliphatic rings. The highest BCUT2D eigenvalue weighted by molar-refractivity contribution is 5.82. The second-order valence-electron chi connectivity index (χ2n) is 6.45. The maximum atomic E-state index is 12.4.